The van der Waals surface area contributed by atoms with Gasteiger partial charge in [-0.3, -0.25) is 4.99 Å². The fraction of sp³-hybridized carbons (Fsp3) is 0.938. The molecule has 3 atom stereocenters. The molecule has 1 saturated carbocycles. The van der Waals surface area contributed by atoms with Crippen LogP contribution in [0.5, 0.6) is 0 Å². The molecule has 5 heteroatoms. The van der Waals surface area contributed by atoms with Crippen molar-refractivity contribution in [2.75, 3.05) is 20.2 Å². The quantitative estimate of drug-likeness (QED) is 0.417. The molecular formula is C16H32IN3O. The van der Waals surface area contributed by atoms with Crippen LogP contribution in [0.2, 0.25) is 0 Å². The molecular weight excluding hydrogens is 377 g/mol. The van der Waals surface area contributed by atoms with Gasteiger partial charge in [-0.05, 0) is 12.3 Å². The Morgan fingerprint density at radius 1 is 1.33 bits per heavy atom. The topological polar surface area (TPSA) is 45.7 Å². The number of fused-ring (bicyclic) bond motifs is 1. The molecule has 1 heterocycles. The van der Waals surface area contributed by atoms with Crippen LogP contribution in [0, 0.1) is 17.3 Å². The van der Waals surface area contributed by atoms with E-state index in [1.807, 2.05) is 7.05 Å². The van der Waals surface area contributed by atoms with E-state index in [1.54, 1.807) is 0 Å². The molecule has 0 aromatic carbocycles. The number of ether oxygens (including phenoxy) is 1. The van der Waals surface area contributed by atoms with E-state index in [2.05, 4.69) is 43.3 Å². The number of nitrogens with zero attached hydrogens (tertiary/aromatic N) is 1. The third kappa shape index (κ3) is 3.84. The van der Waals surface area contributed by atoms with Gasteiger partial charge < -0.3 is 15.4 Å². The SMILES string of the molecule is CCC(CC)CNC(=NC)NC1C2CCOC2C1(C)C.I. The van der Waals surface area contributed by atoms with Crippen molar-refractivity contribution in [1.29, 1.82) is 0 Å². The first-order valence-corrected chi connectivity index (χ1v) is 8.13. The summed E-state index contributed by atoms with van der Waals surface area (Å²) in [4.78, 5) is 4.38. The average molecular weight is 409 g/mol. The number of nitrogens with one attached hydrogen (secondary N) is 2. The highest BCUT2D eigenvalue weighted by Crippen LogP contribution is 2.52. The van der Waals surface area contributed by atoms with E-state index in [1.165, 1.54) is 19.3 Å². The van der Waals surface area contributed by atoms with E-state index in [-0.39, 0.29) is 29.4 Å². The third-order valence-corrected chi connectivity index (χ3v) is 5.33. The molecule has 1 aliphatic heterocycles. The van der Waals surface area contributed by atoms with Crippen molar-refractivity contribution in [3.05, 3.63) is 0 Å². The van der Waals surface area contributed by atoms with E-state index in [0.717, 1.165) is 25.0 Å². The molecule has 0 amide bonds. The maximum Gasteiger partial charge on any atom is 0.191 e. The van der Waals surface area contributed by atoms with E-state index in [4.69, 9.17) is 4.74 Å². The lowest BCUT2D eigenvalue weighted by molar-refractivity contribution is -0.106. The lowest BCUT2D eigenvalue weighted by Gasteiger charge is -2.55. The fourth-order valence-electron chi connectivity index (χ4n) is 3.78. The average Bonchev–Trinajstić information content (AvgIpc) is 2.89. The minimum atomic E-state index is 0. The van der Waals surface area contributed by atoms with Gasteiger partial charge in [0.25, 0.3) is 0 Å². The second-order valence-electron chi connectivity index (χ2n) is 6.82. The van der Waals surface area contributed by atoms with Crippen molar-refractivity contribution in [3.63, 3.8) is 0 Å². The first-order valence-electron chi connectivity index (χ1n) is 8.13. The van der Waals surface area contributed by atoms with Crippen molar-refractivity contribution >= 4 is 29.9 Å². The number of hydrogen-bond donors (Lipinski definition) is 2. The minimum Gasteiger partial charge on any atom is -0.377 e. The Labute approximate surface area is 146 Å². The van der Waals surface area contributed by atoms with Crippen LogP contribution in [0.4, 0.5) is 0 Å². The molecule has 3 unspecified atom stereocenters. The predicted molar refractivity (Wildman–Crippen MR) is 99.4 cm³/mol. The second-order valence-corrected chi connectivity index (χ2v) is 6.82. The van der Waals surface area contributed by atoms with Gasteiger partial charge in [0, 0.05) is 37.6 Å². The summed E-state index contributed by atoms with van der Waals surface area (Å²) in [6, 6.07) is 0.475. The largest absolute Gasteiger partial charge is 0.377 e. The van der Waals surface area contributed by atoms with Gasteiger partial charge in [0.1, 0.15) is 0 Å². The van der Waals surface area contributed by atoms with Crippen LogP contribution in [-0.4, -0.2) is 38.3 Å². The van der Waals surface area contributed by atoms with Gasteiger partial charge in [0.15, 0.2) is 5.96 Å². The molecule has 0 spiro atoms. The summed E-state index contributed by atoms with van der Waals surface area (Å²) >= 11 is 0. The highest BCUT2D eigenvalue weighted by molar-refractivity contribution is 14.0. The molecule has 2 rings (SSSR count). The highest BCUT2D eigenvalue weighted by Gasteiger charge is 2.59. The summed E-state index contributed by atoms with van der Waals surface area (Å²) in [6.07, 6.45) is 4.04. The Balaban J connectivity index is 0.00000220. The standard InChI is InChI=1S/C16H31N3O.HI/c1-6-11(7-2)10-18-15(17-5)19-13-12-8-9-20-14(12)16(13,3)4;/h11-14H,6-10H2,1-5H3,(H2,17,18,19);1H. The number of guanidine groups is 1. The molecule has 21 heavy (non-hydrogen) atoms. The summed E-state index contributed by atoms with van der Waals surface area (Å²) in [6.45, 7) is 11.0. The van der Waals surface area contributed by atoms with Gasteiger partial charge in [-0.2, -0.15) is 0 Å². The number of halogens is 1. The van der Waals surface area contributed by atoms with Gasteiger partial charge in [0.05, 0.1) is 6.10 Å². The second kappa shape index (κ2) is 7.99. The first-order chi connectivity index (χ1) is 9.54. The number of rotatable bonds is 5. The highest BCUT2D eigenvalue weighted by atomic mass is 127. The molecule has 2 aliphatic rings. The molecule has 2 fully saturated rings. The molecule has 2 N–H and O–H groups in total. The molecule has 0 radical (unpaired) electrons. The molecule has 1 aliphatic carbocycles. The molecule has 0 aromatic heterocycles. The van der Waals surface area contributed by atoms with E-state index in [0.29, 0.717) is 18.1 Å². The Morgan fingerprint density at radius 3 is 2.57 bits per heavy atom. The maximum atomic E-state index is 5.85. The van der Waals surface area contributed by atoms with Crippen molar-refractivity contribution in [1.82, 2.24) is 10.6 Å². The Hall–Kier alpha value is -0.0400. The van der Waals surface area contributed by atoms with Crippen LogP contribution in [0.15, 0.2) is 4.99 Å². The molecule has 4 nitrogen and oxygen atoms in total. The van der Waals surface area contributed by atoms with E-state index < -0.39 is 0 Å². The molecule has 0 bridgehead atoms. The predicted octanol–water partition coefficient (Wildman–Crippen LogP) is 3.02. The molecule has 1 saturated heterocycles. The van der Waals surface area contributed by atoms with Gasteiger partial charge in [-0.1, -0.05) is 40.5 Å². The summed E-state index contributed by atoms with van der Waals surface area (Å²) in [7, 11) is 1.86. The Morgan fingerprint density at radius 2 is 2.00 bits per heavy atom. The zero-order chi connectivity index (χ0) is 14.8. The smallest absolute Gasteiger partial charge is 0.191 e. The third-order valence-electron chi connectivity index (χ3n) is 5.33. The van der Waals surface area contributed by atoms with Crippen molar-refractivity contribution in [2.24, 2.45) is 22.2 Å². The van der Waals surface area contributed by atoms with Crippen molar-refractivity contribution in [3.8, 4) is 0 Å². The van der Waals surface area contributed by atoms with Crippen LogP contribution in [0.3, 0.4) is 0 Å². The monoisotopic (exact) mass is 409 g/mol. The Bertz CT molecular complexity index is 355. The molecule has 0 aromatic rings. The zero-order valence-electron chi connectivity index (χ0n) is 14.1. The Kier molecular flexibility index (Phi) is 7.24. The van der Waals surface area contributed by atoms with Gasteiger partial charge in [-0.15, -0.1) is 24.0 Å². The van der Waals surface area contributed by atoms with E-state index >= 15 is 0 Å². The van der Waals surface area contributed by atoms with Crippen LogP contribution < -0.4 is 10.6 Å². The zero-order valence-corrected chi connectivity index (χ0v) is 16.4. The summed E-state index contributed by atoms with van der Waals surface area (Å²) in [5.74, 6) is 2.32. The van der Waals surface area contributed by atoms with Crippen LogP contribution >= 0.6 is 24.0 Å². The van der Waals surface area contributed by atoms with Crippen molar-refractivity contribution < 1.29 is 4.74 Å². The summed E-state index contributed by atoms with van der Waals surface area (Å²) in [5.41, 5.74) is 0.202. The van der Waals surface area contributed by atoms with Gasteiger partial charge >= 0.3 is 0 Å². The van der Waals surface area contributed by atoms with Gasteiger partial charge in [0.2, 0.25) is 0 Å². The maximum absolute atomic E-state index is 5.85. The normalized spacial score (nSPS) is 30.4. The molecule has 124 valence electrons. The van der Waals surface area contributed by atoms with Crippen LogP contribution in [0.1, 0.15) is 47.0 Å². The van der Waals surface area contributed by atoms with Crippen LogP contribution in [0.25, 0.3) is 0 Å². The van der Waals surface area contributed by atoms with Crippen molar-refractivity contribution in [2.45, 2.75) is 59.1 Å². The lowest BCUT2D eigenvalue weighted by atomic mass is 9.57. The summed E-state index contributed by atoms with van der Waals surface area (Å²) < 4.78 is 5.85. The van der Waals surface area contributed by atoms with E-state index in [9.17, 15) is 0 Å². The lowest BCUT2D eigenvalue weighted by Crippen LogP contribution is -2.68. The van der Waals surface area contributed by atoms with Gasteiger partial charge in [-0.25, -0.2) is 0 Å². The number of aliphatic imine (C=N–C) groups is 1. The van der Waals surface area contributed by atoms with Crippen LogP contribution in [-0.2, 0) is 4.74 Å². The first kappa shape index (κ1) is 19.0. The minimum absolute atomic E-state index is 0. The number of hydrogen-bond acceptors (Lipinski definition) is 2. The fourth-order valence-corrected chi connectivity index (χ4v) is 3.78. The summed E-state index contributed by atoms with van der Waals surface area (Å²) in [5, 5.41) is 7.11.